The molecule has 1 aliphatic carbocycles. The summed E-state index contributed by atoms with van der Waals surface area (Å²) >= 11 is 0. The van der Waals surface area contributed by atoms with Crippen molar-refractivity contribution < 1.29 is 4.79 Å². The van der Waals surface area contributed by atoms with E-state index in [1.54, 1.807) is 0 Å². The number of carbonyl (C=O) groups excluding carboxylic acids is 1. The molecule has 1 amide bonds. The van der Waals surface area contributed by atoms with Gasteiger partial charge in [-0.3, -0.25) is 4.79 Å². The van der Waals surface area contributed by atoms with E-state index in [4.69, 9.17) is 0 Å². The number of nitrogens with one attached hydrogen (secondary N) is 2. The summed E-state index contributed by atoms with van der Waals surface area (Å²) in [6.07, 6.45) is 4.92. The van der Waals surface area contributed by atoms with E-state index >= 15 is 0 Å². The molecule has 2 aliphatic rings. The number of amides is 1. The molecule has 1 heterocycles. The van der Waals surface area contributed by atoms with Crippen LogP contribution in [0.5, 0.6) is 0 Å². The first-order valence-corrected chi connectivity index (χ1v) is 6.46. The number of fused-ring (bicyclic) bond motifs is 1. The van der Waals surface area contributed by atoms with Crippen LogP contribution in [0.4, 0.5) is 5.69 Å². The van der Waals surface area contributed by atoms with Crippen molar-refractivity contribution in [1.82, 2.24) is 5.32 Å². The number of carbonyl (C=O) groups is 1. The lowest BCUT2D eigenvalue weighted by Gasteiger charge is -2.26. The van der Waals surface area contributed by atoms with E-state index in [-0.39, 0.29) is 11.8 Å². The van der Waals surface area contributed by atoms with Gasteiger partial charge >= 0.3 is 0 Å². The Morgan fingerprint density at radius 2 is 1.94 bits per heavy atom. The maximum absolute atomic E-state index is 11.8. The summed E-state index contributed by atoms with van der Waals surface area (Å²) in [7, 11) is 0. The Labute approximate surface area is 102 Å². The predicted molar refractivity (Wildman–Crippen MR) is 68.1 cm³/mol. The van der Waals surface area contributed by atoms with E-state index in [1.165, 1.54) is 30.4 Å². The average Bonchev–Trinajstić information content (AvgIpc) is 2.26. The van der Waals surface area contributed by atoms with Gasteiger partial charge < -0.3 is 10.6 Å². The van der Waals surface area contributed by atoms with Gasteiger partial charge in [-0.15, -0.1) is 0 Å². The third-order valence-electron chi connectivity index (χ3n) is 3.77. The van der Waals surface area contributed by atoms with E-state index in [1.807, 2.05) is 6.07 Å². The minimum Gasteiger partial charge on any atom is -0.326 e. The van der Waals surface area contributed by atoms with Crippen LogP contribution >= 0.6 is 0 Å². The van der Waals surface area contributed by atoms with Gasteiger partial charge in [0.25, 0.3) is 0 Å². The first kappa shape index (κ1) is 10.8. The first-order chi connectivity index (χ1) is 8.33. The monoisotopic (exact) mass is 230 g/mol. The lowest BCUT2D eigenvalue weighted by molar-refractivity contribution is -0.121. The van der Waals surface area contributed by atoms with E-state index in [0.29, 0.717) is 0 Å². The lowest BCUT2D eigenvalue weighted by atomic mass is 9.91. The second kappa shape index (κ2) is 4.49. The number of anilines is 1. The van der Waals surface area contributed by atoms with Crippen LogP contribution in [-0.4, -0.2) is 19.0 Å². The molecule has 2 N–H and O–H groups in total. The number of hydrogen-bond acceptors (Lipinski definition) is 2. The maximum Gasteiger partial charge on any atom is 0.230 e. The van der Waals surface area contributed by atoms with Crippen LogP contribution in [0.25, 0.3) is 0 Å². The molecule has 3 nitrogen and oxygen atoms in total. The van der Waals surface area contributed by atoms with Gasteiger partial charge in [-0.2, -0.15) is 0 Å². The molecule has 1 aliphatic heterocycles. The molecule has 1 saturated heterocycles. The van der Waals surface area contributed by atoms with Crippen LogP contribution in [0, 0.1) is 5.92 Å². The van der Waals surface area contributed by atoms with Crippen molar-refractivity contribution >= 4 is 11.6 Å². The van der Waals surface area contributed by atoms with E-state index < -0.39 is 0 Å². The molecule has 17 heavy (non-hydrogen) atoms. The van der Waals surface area contributed by atoms with E-state index in [0.717, 1.165) is 25.2 Å². The van der Waals surface area contributed by atoms with Crippen molar-refractivity contribution in [3.05, 3.63) is 29.3 Å². The highest BCUT2D eigenvalue weighted by Gasteiger charge is 2.24. The highest BCUT2D eigenvalue weighted by atomic mass is 16.2. The van der Waals surface area contributed by atoms with Crippen molar-refractivity contribution in [3.63, 3.8) is 0 Å². The van der Waals surface area contributed by atoms with Crippen LogP contribution in [-0.2, 0) is 17.6 Å². The summed E-state index contributed by atoms with van der Waals surface area (Å²) in [5.74, 6) is 0.311. The molecular formula is C14H18N2O. The van der Waals surface area contributed by atoms with Crippen LogP contribution in [0.2, 0.25) is 0 Å². The fourth-order valence-electron chi connectivity index (χ4n) is 2.53. The molecule has 0 aromatic heterocycles. The van der Waals surface area contributed by atoms with Crippen molar-refractivity contribution in [2.75, 3.05) is 18.4 Å². The average molecular weight is 230 g/mol. The minimum atomic E-state index is 0.152. The third-order valence-corrected chi connectivity index (χ3v) is 3.77. The molecule has 1 aromatic carbocycles. The van der Waals surface area contributed by atoms with E-state index in [9.17, 15) is 4.79 Å². The van der Waals surface area contributed by atoms with Crippen LogP contribution in [0.3, 0.4) is 0 Å². The topological polar surface area (TPSA) is 41.1 Å². The zero-order chi connectivity index (χ0) is 11.7. The summed E-state index contributed by atoms with van der Waals surface area (Å²) in [5.41, 5.74) is 3.84. The van der Waals surface area contributed by atoms with Gasteiger partial charge in [-0.25, -0.2) is 0 Å². The van der Waals surface area contributed by atoms with E-state index in [2.05, 4.69) is 22.8 Å². The highest BCUT2D eigenvalue weighted by molar-refractivity contribution is 5.93. The second-order valence-electron chi connectivity index (χ2n) is 5.04. The fourth-order valence-corrected chi connectivity index (χ4v) is 2.53. The van der Waals surface area contributed by atoms with Crippen molar-refractivity contribution in [2.24, 2.45) is 5.92 Å². The predicted octanol–water partition coefficient (Wildman–Crippen LogP) is 1.72. The van der Waals surface area contributed by atoms with Gasteiger partial charge in [-0.05, 0) is 48.9 Å². The molecule has 0 bridgehead atoms. The number of rotatable bonds is 2. The molecular weight excluding hydrogens is 212 g/mol. The van der Waals surface area contributed by atoms with Crippen LogP contribution < -0.4 is 10.6 Å². The number of hydrogen-bond donors (Lipinski definition) is 2. The maximum atomic E-state index is 11.8. The molecule has 0 atom stereocenters. The Kier molecular flexibility index (Phi) is 2.85. The number of aryl methyl sites for hydroxylation is 2. The Balaban J connectivity index is 1.72. The Bertz CT molecular complexity index is 438. The lowest BCUT2D eigenvalue weighted by Crippen LogP contribution is -2.48. The zero-order valence-electron chi connectivity index (χ0n) is 9.96. The van der Waals surface area contributed by atoms with Crippen LogP contribution in [0.1, 0.15) is 24.0 Å². The summed E-state index contributed by atoms with van der Waals surface area (Å²) in [4.78, 5) is 11.8. The molecule has 1 fully saturated rings. The molecule has 0 saturated carbocycles. The summed E-state index contributed by atoms with van der Waals surface area (Å²) in [6.45, 7) is 1.63. The zero-order valence-corrected chi connectivity index (χ0v) is 9.96. The molecule has 0 unspecified atom stereocenters. The molecule has 1 aromatic rings. The van der Waals surface area contributed by atoms with Gasteiger partial charge in [0.05, 0.1) is 5.92 Å². The number of benzene rings is 1. The normalized spacial score (nSPS) is 19.3. The minimum absolute atomic E-state index is 0.152. The smallest absolute Gasteiger partial charge is 0.230 e. The molecule has 3 heteroatoms. The van der Waals surface area contributed by atoms with Gasteiger partial charge in [0, 0.05) is 18.8 Å². The van der Waals surface area contributed by atoms with Gasteiger partial charge in [-0.1, -0.05) is 6.07 Å². The second-order valence-corrected chi connectivity index (χ2v) is 5.04. The Hall–Kier alpha value is -1.35. The van der Waals surface area contributed by atoms with Crippen molar-refractivity contribution in [2.45, 2.75) is 25.7 Å². The Morgan fingerprint density at radius 3 is 2.65 bits per heavy atom. The molecule has 0 radical (unpaired) electrons. The molecule has 3 rings (SSSR count). The highest BCUT2D eigenvalue weighted by Crippen LogP contribution is 2.24. The van der Waals surface area contributed by atoms with Crippen molar-refractivity contribution in [3.8, 4) is 0 Å². The Morgan fingerprint density at radius 1 is 1.18 bits per heavy atom. The third kappa shape index (κ3) is 2.20. The summed E-state index contributed by atoms with van der Waals surface area (Å²) in [5, 5.41) is 6.13. The summed E-state index contributed by atoms with van der Waals surface area (Å²) < 4.78 is 0. The first-order valence-electron chi connectivity index (χ1n) is 6.46. The summed E-state index contributed by atoms with van der Waals surface area (Å²) in [6, 6.07) is 6.36. The SMILES string of the molecule is O=C(Nc1ccc2c(c1)CCCC2)C1CNC1. The standard InChI is InChI=1S/C14H18N2O/c17-14(12-8-15-9-12)16-13-6-5-10-3-1-2-4-11(10)7-13/h5-7,12,15H,1-4,8-9H2,(H,16,17). The molecule has 90 valence electrons. The fraction of sp³-hybridized carbons (Fsp3) is 0.500. The largest absolute Gasteiger partial charge is 0.326 e. The van der Waals surface area contributed by atoms with Crippen LogP contribution in [0.15, 0.2) is 18.2 Å². The van der Waals surface area contributed by atoms with Crippen molar-refractivity contribution in [1.29, 1.82) is 0 Å². The van der Waals surface area contributed by atoms with Gasteiger partial charge in [0.15, 0.2) is 0 Å². The van der Waals surface area contributed by atoms with Gasteiger partial charge in [0.2, 0.25) is 5.91 Å². The van der Waals surface area contributed by atoms with Gasteiger partial charge in [0.1, 0.15) is 0 Å². The molecule has 0 spiro atoms. The quantitative estimate of drug-likeness (QED) is 0.812.